The molecular formula is C25H39N3O4. The molecule has 32 heavy (non-hydrogen) atoms. The summed E-state index contributed by atoms with van der Waals surface area (Å²) in [5, 5.41) is 5.93. The average Bonchev–Trinajstić information content (AvgIpc) is 2.80. The van der Waals surface area contributed by atoms with E-state index in [1.165, 1.54) is 0 Å². The lowest BCUT2D eigenvalue weighted by molar-refractivity contribution is -0.124. The van der Waals surface area contributed by atoms with Crippen LogP contribution in [0, 0.1) is 0 Å². The van der Waals surface area contributed by atoms with Crippen molar-refractivity contribution in [1.82, 2.24) is 15.5 Å². The molecule has 2 rings (SSSR count). The highest BCUT2D eigenvalue weighted by molar-refractivity contribution is 5.98. The normalized spacial score (nSPS) is 14.7. The van der Waals surface area contributed by atoms with E-state index in [9.17, 15) is 14.4 Å². The summed E-state index contributed by atoms with van der Waals surface area (Å²) in [6.45, 7) is 7.57. The zero-order valence-corrected chi connectivity index (χ0v) is 19.7. The molecule has 0 radical (unpaired) electrons. The summed E-state index contributed by atoms with van der Waals surface area (Å²) in [4.78, 5) is 38.6. The Balaban J connectivity index is 1.63. The lowest BCUT2D eigenvalue weighted by Crippen LogP contribution is -2.47. The van der Waals surface area contributed by atoms with E-state index in [4.69, 9.17) is 4.74 Å². The maximum absolute atomic E-state index is 12.4. The van der Waals surface area contributed by atoms with Gasteiger partial charge in [0.25, 0.3) is 0 Å². The van der Waals surface area contributed by atoms with E-state index >= 15 is 0 Å². The van der Waals surface area contributed by atoms with E-state index in [1.54, 1.807) is 12.1 Å². The molecule has 7 heteroatoms. The number of carbonyl (C=O) groups excluding carboxylic acids is 3. The monoisotopic (exact) mass is 445 g/mol. The van der Waals surface area contributed by atoms with Crippen LogP contribution in [0.15, 0.2) is 24.3 Å². The number of nitrogens with zero attached hydrogens (tertiary/aromatic N) is 1. The molecule has 0 saturated carbocycles. The van der Waals surface area contributed by atoms with Gasteiger partial charge >= 0.3 is 0 Å². The van der Waals surface area contributed by atoms with E-state index in [0.717, 1.165) is 57.4 Å². The number of rotatable bonds is 14. The summed E-state index contributed by atoms with van der Waals surface area (Å²) in [5.41, 5.74) is 0.605. The van der Waals surface area contributed by atoms with Crippen molar-refractivity contribution >= 4 is 17.6 Å². The van der Waals surface area contributed by atoms with E-state index in [2.05, 4.69) is 22.5 Å². The third-order valence-corrected chi connectivity index (χ3v) is 5.66. The molecule has 0 aliphatic carbocycles. The van der Waals surface area contributed by atoms with Crippen LogP contribution in [0.2, 0.25) is 0 Å². The number of amides is 2. The molecule has 0 spiro atoms. The fourth-order valence-corrected chi connectivity index (χ4v) is 3.71. The van der Waals surface area contributed by atoms with Gasteiger partial charge in [-0.1, -0.05) is 26.7 Å². The lowest BCUT2D eigenvalue weighted by Gasteiger charge is -2.31. The number of benzene rings is 1. The van der Waals surface area contributed by atoms with Gasteiger partial charge < -0.3 is 15.4 Å². The van der Waals surface area contributed by atoms with E-state index in [0.29, 0.717) is 25.3 Å². The Bertz CT molecular complexity index is 712. The Kier molecular flexibility index (Phi) is 11.8. The van der Waals surface area contributed by atoms with Crippen LogP contribution in [0.3, 0.4) is 0 Å². The van der Waals surface area contributed by atoms with Crippen molar-refractivity contribution in [1.29, 1.82) is 0 Å². The molecule has 7 nitrogen and oxygen atoms in total. The van der Waals surface area contributed by atoms with Crippen molar-refractivity contribution in [3.8, 4) is 5.75 Å². The van der Waals surface area contributed by atoms with Gasteiger partial charge in [-0.2, -0.15) is 0 Å². The Morgan fingerprint density at radius 1 is 0.969 bits per heavy atom. The molecule has 2 amide bonds. The molecule has 1 aliphatic heterocycles. The number of Topliss-reactive ketones (excluding diaryl/α,β-unsaturated/α-hetero) is 1. The molecule has 178 valence electrons. The topological polar surface area (TPSA) is 87.7 Å². The lowest BCUT2D eigenvalue weighted by atomic mass is 10.0. The van der Waals surface area contributed by atoms with Gasteiger partial charge in [0.15, 0.2) is 5.78 Å². The van der Waals surface area contributed by atoms with E-state index in [-0.39, 0.29) is 36.5 Å². The van der Waals surface area contributed by atoms with Crippen LogP contribution in [0.5, 0.6) is 5.75 Å². The zero-order chi connectivity index (χ0) is 23.2. The molecule has 0 atom stereocenters. The van der Waals surface area contributed by atoms with Crippen molar-refractivity contribution in [3.63, 3.8) is 0 Å². The third-order valence-electron chi connectivity index (χ3n) is 5.66. The maximum atomic E-state index is 12.4. The number of likely N-dealkylation sites (tertiary alicyclic amines) is 1. The third kappa shape index (κ3) is 9.81. The standard InChI is InChI=1S/C25H39N3O4/c1-3-5-6-18-32-22-9-7-20(8-10-22)23(29)11-12-24(30)27-21-13-16-28(17-14-21)19-25(31)26-15-4-2/h7-10,21H,3-6,11-19H2,1-2H3,(H,26,31)(H,27,30). The van der Waals surface area contributed by atoms with Gasteiger partial charge in [-0.3, -0.25) is 19.3 Å². The second-order valence-electron chi connectivity index (χ2n) is 8.47. The highest BCUT2D eigenvalue weighted by Gasteiger charge is 2.22. The Labute approximate surface area is 192 Å². The van der Waals surface area contributed by atoms with Crippen LogP contribution in [0.1, 0.15) is 75.6 Å². The second-order valence-corrected chi connectivity index (χ2v) is 8.47. The van der Waals surface area contributed by atoms with Gasteiger partial charge in [-0.25, -0.2) is 0 Å². The molecule has 1 aliphatic rings. The number of piperidine rings is 1. The number of hydrogen-bond acceptors (Lipinski definition) is 5. The summed E-state index contributed by atoms with van der Waals surface area (Å²) < 4.78 is 5.67. The van der Waals surface area contributed by atoms with Crippen molar-refractivity contribution in [2.45, 2.75) is 71.3 Å². The first-order chi connectivity index (χ1) is 15.5. The van der Waals surface area contributed by atoms with Crippen LogP contribution in [0.25, 0.3) is 0 Å². The minimum Gasteiger partial charge on any atom is -0.494 e. The predicted molar refractivity (Wildman–Crippen MR) is 126 cm³/mol. The maximum Gasteiger partial charge on any atom is 0.234 e. The Morgan fingerprint density at radius 3 is 2.34 bits per heavy atom. The molecule has 1 saturated heterocycles. The first-order valence-electron chi connectivity index (χ1n) is 12.1. The van der Waals surface area contributed by atoms with Gasteiger partial charge in [0, 0.05) is 44.1 Å². The van der Waals surface area contributed by atoms with Crippen LogP contribution >= 0.6 is 0 Å². The molecule has 2 N–H and O–H groups in total. The highest BCUT2D eigenvalue weighted by atomic mass is 16.5. The van der Waals surface area contributed by atoms with Crippen molar-refractivity contribution in [2.24, 2.45) is 0 Å². The fourth-order valence-electron chi connectivity index (χ4n) is 3.71. The predicted octanol–water partition coefficient (Wildman–Crippen LogP) is 3.33. The summed E-state index contributed by atoms with van der Waals surface area (Å²) >= 11 is 0. The van der Waals surface area contributed by atoms with Gasteiger partial charge in [-0.05, 0) is 49.9 Å². The molecule has 0 bridgehead atoms. The summed E-state index contributed by atoms with van der Waals surface area (Å²) in [6, 6.07) is 7.27. The number of unbranched alkanes of at least 4 members (excludes halogenated alkanes) is 2. The van der Waals surface area contributed by atoms with Crippen molar-refractivity contribution in [2.75, 3.05) is 32.8 Å². The first-order valence-corrected chi connectivity index (χ1v) is 12.1. The van der Waals surface area contributed by atoms with Crippen LogP contribution < -0.4 is 15.4 Å². The molecule has 1 aromatic carbocycles. The number of hydrogen-bond donors (Lipinski definition) is 2. The van der Waals surface area contributed by atoms with Gasteiger partial charge in [0.2, 0.25) is 11.8 Å². The molecule has 1 heterocycles. The van der Waals surface area contributed by atoms with E-state index < -0.39 is 0 Å². The smallest absolute Gasteiger partial charge is 0.234 e. The van der Waals surface area contributed by atoms with Crippen LogP contribution in [-0.4, -0.2) is 61.3 Å². The average molecular weight is 446 g/mol. The van der Waals surface area contributed by atoms with E-state index in [1.807, 2.05) is 19.1 Å². The first kappa shape index (κ1) is 25.8. The van der Waals surface area contributed by atoms with Gasteiger partial charge in [-0.15, -0.1) is 0 Å². The van der Waals surface area contributed by atoms with Crippen LogP contribution in [-0.2, 0) is 9.59 Å². The minimum absolute atomic E-state index is 0.0365. The number of nitrogens with one attached hydrogen (secondary N) is 2. The summed E-state index contributed by atoms with van der Waals surface area (Å²) in [7, 11) is 0. The number of ether oxygens (including phenoxy) is 1. The van der Waals surface area contributed by atoms with Crippen molar-refractivity contribution in [3.05, 3.63) is 29.8 Å². The SMILES string of the molecule is CCCCCOc1ccc(C(=O)CCC(=O)NC2CCN(CC(=O)NCCC)CC2)cc1. The minimum atomic E-state index is -0.0895. The Morgan fingerprint density at radius 2 is 1.69 bits per heavy atom. The fraction of sp³-hybridized carbons (Fsp3) is 0.640. The van der Waals surface area contributed by atoms with Crippen molar-refractivity contribution < 1.29 is 19.1 Å². The highest BCUT2D eigenvalue weighted by Crippen LogP contribution is 2.15. The quantitative estimate of drug-likeness (QED) is 0.339. The largest absolute Gasteiger partial charge is 0.494 e. The molecule has 0 unspecified atom stereocenters. The molecule has 1 fully saturated rings. The van der Waals surface area contributed by atoms with Crippen LogP contribution in [0.4, 0.5) is 0 Å². The number of carbonyl (C=O) groups is 3. The summed E-state index contributed by atoms with van der Waals surface area (Å²) in [5.74, 6) is 0.701. The number of ketones is 1. The van der Waals surface area contributed by atoms with Gasteiger partial charge in [0.05, 0.1) is 13.2 Å². The Hall–Kier alpha value is -2.41. The molecular weight excluding hydrogens is 406 g/mol. The van der Waals surface area contributed by atoms with Gasteiger partial charge in [0.1, 0.15) is 5.75 Å². The zero-order valence-electron chi connectivity index (χ0n) is 19.7. The molecule has 1 aromatic rings. The molecule has 0 aromatic heterocycles. The summed E-state index contributed by atoms with van der Waals surface area (Å²) in [6.07, 6.45) is 6.28. The second kappa shape index (κ2) is 14.6.